The molecule has 3 nitrogen and oxygen atoms in total. The lowest BCUT2D eigenvalue weighted by molar-refractivity contribution is -0.688. The summed E-state index contributed by atoms with van der Waals surface area (Å²) in [5.74, 6) is 0. The molecule has 3 heteroatoms. The van der Waals surface area contributed by atoms with Crippen LogP contribution in [0.25, 0.3) is 0 Å². The van der Waals surface area contributed by atoms with E-state index < -0.39 is 0 Å². The Morgan fingerprint density at radius 3 is 3.12 bits per heavy atom. The van der Waals surface area contributed by atoms with E-state index in [0.29, 0.717) is 0 Å². The Balaban J connectivity index is 2.03. The van der Waals surface area contributed by atoms with Crippen LogP contribution in [0.4, 0.5) is 0 Å². The number of rotatable bonds is 4. The lowest BCUT2D eigenvalue weighted by atomic mass is 10.3. The summed E-state index contributed by atoms with van der Waals surface area (Å²) >= 11 is 0. The second-order valence-electron chi connectivity index (χ2n) is 3.67. The first kappa shape index (κ1) is 10.6. The summed E-state index contributed by atoms with van der Waals surface area (Å²) < 4.78 is 4.27. The number of hydrogen-bond acceptors (Lipinski definition) is 1. The van der Waals surface area contributed by atoms with E-state index in [4.69, 9.17) is 0 Å². The van der Waals surface area contributed by atoms with E-state index in [1.165, 1.54) is 0 Å². The summed E-state index contributed by atoms with van der Waals surface area (Å²) in [7, 11) is 0. The van der Waals surface area contributed by atoms with Gasteiger partial charge in [-0.15, -0.1) is 0 Å². The van der Waals surface area contributed by atoms with Crippen LogP contribution < -0.4 is 4.57 Å². The zero-order valence-electron chi connectivity index (χ0n) is 9.45. The third-order valence-electron chi connectivity index (χ3n) is 2.37. The third-order valence-corrected chi connectivity index (χ3v) is 2.37. The largest absolute Gasteiger partial charge is 0.257 e. The monoisotopic (exact) mass is 214 g/mol. The Labute approximate surface area is 95.7 Å². The molecule has 0 saturated heterocycles. The first-order valence-corrected chi connectivity index (χ1v) is 5.44. The number of hydrogen-bond donors (Lipinski definition) is 0. The van der Waals surface area contributed by atoms with Crippen LogP contribution in [0, 0.1) is 0 Å². The zero-order chi connectivity index (χ0) is 11.2. The van der Waals surface area contributed by atoms with Crippen molar-refractivity contribution in [1.29, 1.82) is 0 Å². The Morgan fingerprint density at radius 2 is 2.38 bits per heavy atom. The minimum Gasteiger partial charge on any atom is -0.257 e. The molecule has 0 aromatic carbocycles. The van der Waals surface area contributed by atoms with Crippen molar-refractivity contribution < 1.29 is 4.57 Å². The van der Waals surface area contributed by atoms with E-state index in [1.807, 2.05) is 31.3 Å². The molecule has 0 spiro atoms. The van der Waals surface area contributed by atoms with Crippen molar-refractivity contribution >= 4 is 0 Å². The maximum absolute atomic E-state index is 4.30. The molecule has 2 aromatic rings. The maximum atomic E-state index is 4.30. The van der Waals surface area contributed by atoms with Crippen LogP contribution in [-0.4, -0.2) is 9.55 Å². The number of allylic oxidation sites excluding steroid dienone is 2. The second kappa shape index (κ2) is 5.26. The lowest BCUT2D eigenvalue weighted by Gasteiger charge is -1.95. The van der Waals surface area contributed by atoms with Gasteiger partial charge in [0.25, 0.3) is 0 Å². The molecule has 0 amide bonds. The van der Waals surface area contributed by atoms with Crippen LogP contribution in [-0.2, 0) is 13.1 Å². The van der Waals surface area contributed by atoms with Crippen molar-refractivity contribution in [3.63, 3.8) is 0 Å². The molecule has 0 bridgehead atoms. The zero-order valence-corrected chi connectivity index (χ0v) is 9.45. The number of pyridine rings is 1. The maximum Gasteiger partial charge on any atom is 0.244 e. The van der Waals surface area contributed by atoms with Crippen LogP contribution in [0.2, 0.25) is 0 Å². The Hall–Kier alpha value is -1.90. The van der Waals surface area contributed by atoms with Crippen molar-refractivity contribution in [3.05, 3.63) is 61.0 Å². The first-order valence-electron chi connectivity index (χ1n) is 5.44. The normalized spacial score (nSPS) is 11.1. The summed E-state index contributed by atoms with van der Waals surface area (Å²) in [6.07, 6.45) is 12.2. The predicted molar refractivity (Wildman–Crippen MR) is 62.8 cm³/mol. The summed E-state index contributed by atoms with van der Waals surface area (Å²) in [5.41, 5.74) is 1.08. The van der Waals surface area contributed by atoms with Crippen LogP contribution in [0.15, 0.2) is 55.3 Å². The molecular weight excluding hydrogens is 198 g/mol. The Morgan fingerprint density at radius 1 is 1.44 bits per heavy atom. The average molecular weight is 214 g/mol. The molecule has 16 heavy (non-hydrogen) atoms. The van der Waals surface area contributed by atoms with Crippen molar-refractivity contribution in [2.24, 2.45) is 0 Å². The van der Waals surface area contributed by atoms with Gasteiger partial charge in [0, 0.05) is 6.20 Å². The molecule has 2 rings (SSSR count). The van der Waals surface area contributed by atoms with Crippen molar-refractivity contribution in [3.8, 4) is 0 Å². The fourth-order valence-electron chi connectivity index (χ4n) is 1.55. The fourth-order valence-corrected chi connectivity index (χ4v) is 1.55. The standard InChI is InChI=1S/C13H16N3/c1-2-3-8-15-9-10-16(12-15)11-13-6-4-5-7-14-13/h2-7,9-10,12H,8,11H2,1H3/q+1/b3-2+. The van der Waals surface area contributed by atoms with E-state index in [1.54, 1.807) is 0 Å². The highest BCUT2D eigenvalue weighted by Crippen LogP contribution is 1.93. The first-order chi connectivity index (χ1) is 7.88. The van der Waals surface area contributed by atoms with Crippen LogP contribution in [0.3, 0.4) is 0 Å². The smallest absolute Gasteiger partial charge is 0.244 e. The highest BCUT2D eigenvalue weighted by atomic mass is 15.1. The van der Waals surface area contributed by atoms with Gasteiger partial charge in [-0.25, -0.2) is 9.13 Å². The van der Waals surface area contributed by atoms with Gasteiger partial charge in [0.15, 0.2) is 0 Å². The molecule has 0 aliphatic heterocycles. The second-order valence-corrected chi connectivity index (χ2v) is 3.67. The van der Waals surface area contributed by atoms with E-state index in [9.17, 15) is 0 Å². The van der Waals surface area contributed by atoms with Crippen LogP contribution in [0.5, 0.6) is 0 Å². The molecule has 0 atom stereocenters. The fraction of sp³-hybridized carbons (Fsp3) is 0.231. The Bertz CT molecular complexity index is 457. The van der Waals surface area contributed by atoms with Gasteiger partial charge >= 0.3 is 0 Å². The molecule has 0 fully saturated rings. The summed E-state index contributed by atoms with van der Waals surface area (Å²) in [6.45, 7) is 3.78. The van der Waals surface area contributed by atoms with E-state index >= 15 is 0 Å². The number of nitrogens with zero attached hydrogens (tertiary/aromatic N) is 3. The molecule has 0 unspecified atom stereocenters. The molecular formula is C13H16N3+. The molecule has 82 valence electrons. The minimum absolute atomic E-state index is 0.823. The van der Waals surface area contributed by atoms with Crippen LogP contribution in [0.1, 0.15) is 12.6 Å². The van der Waals surface area contributed by atoms with Crippen molar-refractivity contribution in [2.75, 3.05) is 0 Å². The molecule has 0 N–H and O–H groups in total. The Kier molecular flexibility index (Phi) is 3.49. The summed E-state index contributed by atoms with van der Waals surface area (Å²) in [5, 5.41) is 0. The number of aromatic nitrogens is 3. The van der Waals surface area contributed by atoms with Crippen molar-refractivity contribution in [2.45, 2.75) is 20.0 Å². The van der Waals surface area contributed by atoms with Gasteiger partial charge < -0.3 is 0 Å². The highest BCUT2D eigenvalue weighted by molar-refractivity contribution is 5.01. The van der Waals surface area contributed by atoms with Gasteiger partial charge in [-0.2, -0.15) is 0 Å². The lowest BCUT2D eigenvalue weighted by Crippen LogP contribution is -2.32. The van der Waals surface area contributed by atoms with Gasteiger partial charge in [-0.3, -0.25) is 4.98 Å². The van der Waals surface area contributed by atoms with Gasteiger partial charge in [-0.1, -0.05) is 12.1 Å². The van der Waals surface area contributed by atoms with E-state index in [2.05, 4.69) is 45.0 Å². The van der Waals surface area contributed by atoms with Gasteiger partial charge in [0.05, 0.1) is 5.69 Å². The summed E-state index contributed by atoms with van der Waals surface area (Å²) in [4.78, 5) is 4.30. The molecule has 2 aromatic heterocycles. The number of imidazole rings is 1. The average Bonchev–Trinajstić information content (AvgIpc) is 2.75. The highest BCUT2D eigenvalue weighted by Gasteiger charge is 2.03. The molecule has 0 saturated carbocycles. The topological polar surface area (TPSA) is 21.7 Å². The van der Waals surface area contributed by atoms with Gasteiger partial charge in [0.1, 0.15) is 25.5 Å². The third kappa shape index (κ3) is 2.79. The quantitative estimate of drug-likeness (QED) is 0.562. The minimum atomic E-state index is 0.823. The van der Waals surface area contributed by atoms with Crippen molar-refractivity contribution in [1.82, 2.24) is 9.55 Å². The molecule has 0 aliphatic carbocycles. The molecule has 2 heterocycles. The summed E-state index contributed by atoms with van der Waals surface area (Å²) in [6, 6.07) is 5.99. The van der Waals surface area contributed by atoms with Crippen LogP contribution >= 0.6 is 0 Å². The van der Waals surface area contributed by atoms with Gasteiger partial charge in [-0.05, 0) is 25.1 Å². The molecule has 0 radical (unpaired) electrons. The SMILES string of the molecule is C/C=C/Cn1cc[n+](Cc2ccccn2)c1. The van der Waals surface area contributed by atoms with E-state index in [-0.39, 0.29) is 0 Å². The van der Waals surface area contributed by atoms with E-state index in [0.717, 1.165) is 18.8 Å². The molecule has 0 aliphatic rings. The predicted octanol–water partition coefficient (Wildman–Crippen LogP) is 1.79. The van der Waals surface area contributed by atoms with Gasteiger partial charge in [0.2, 0.25) is 6.33 Å².